The van der Waals surface area contributed by atoms with E-state index in [1.54, 1.807) is 55.5 Å². The average molecular weight is 750 g/mol. The molecule has 0 saturated carbocycles. The van der Waals surface area contributed by atoms with E-state index in [4.69, 9.17) is 56.3 Å². The van der Waals surface area contributed by atoms with E-state index in [1.165, 1.54) is 6.07 Å². The Hall–Kier alpha value is -2.01. The third kappa shape index (κ3) is 14.1. The molecule has 13 heteroatoms. The number of ether oxygens (including phenoxy) is 2. The van der Waals surface area contributed by atoms with Crippen molar-refractivity contribution in [2.75, 3.05) is 5.73 Å². The predicted octanol–water partition coefficient (Wildman–Crippen LogP) is 10.0. The quantitative estimate of drug-likeness (QED) is 0.0950. The minimum atomic E-state index is -0.826. The Balaban J connectivity index is 0. The number of nitrogens with zero attached hydrogens (tertiary/aromatic N) is 1. The van der Waals surface area contributed by atoms with E-state index < -0.39 is 23.8 Å². The molecule has 4 rings (SSSR count). The van der Waals surface area contributed by atoms with Crippen LogP contribution in [0.4, 0.5) is 11.4 Å². The van der Waals surface area contributed by atoms with E-state index in [0.29, 0.717) is 27.1 Å². The Morgan fingerprint density at radius 3 is 1.43 bits per heavy atom. The van der Waals surface area contributed by atoms with Crippen LogP contribution in [0.1, 0.15) is 18.6 Å². The Labute approximate surface area is 270 Å². The number of hydrogen-bond donors (Lipinski definition) is 1. The van der Waals surface area contributed by atoms with Gasteiger partial charge in [0.2, 0.25) is 0 Å². The molecule has 0 aliphatic rings. The van der Waals surface area contributed by atoms with Crippen molar-refractivity contribution in [1.82, 2.24) is 0 Å². The first-order chi connectivity index (χ1) is 17.6. The van der Waals surface area contributed by atoms with Gasteiger partial charge in [0.05, 0.1) is 4.92 Å². The first-order valence-electron chi connectivity index (χ1n) is 10.6. The van der Waals surface area contributed by atoms with Crippen molar-refractivity contribution in [3.05, 3.63) is 116 Å². The van der Waals surface area contributed by atoms with E-state index >= 15 is 0 Å². The van der Waals surface area contributed by atoms with Crippen LogP contribution >= 0.6 is 53.5 Å². The first-order valence-corrected chi connectivity index (χ1v) is 18.6. The zero-order valence-electron chi connectivity index (χ0n) is 20.7. The summed E-state index contributed by atoms with van der Waals surface area (Å²) < 4.78 is 11.2. The van der Waals surface area contributed by atoms with Gasteiger partial charge in [0.15, 0.2) is 0 Å². The van der Waals surface area contributed by atoms with Crippen LogP contribution in [-0.4, -0.2) is 32.2 Å². The summed E-state index contributed by atoms with van der Waals surface area (Å²) in [6.07, 6.45) is 0. The number of aryl methyl sites for hydroxylation is 2. The third-order valence-electron chi connectivity index (χ3n) is 4.70. The molecule has 0 aliphatic heterocycles. The molecule has 0 fully saturated rings. The Kier molecular flexibility index (Phi) is 20.9. The van der Waals surface area contributed by atoms with Crippen molar-refractivity contribution in [3.8, 4) is 23.0 Å². The Morgan fingerprint density at radius 1 is 0.725 bits per heavy atom. The molecule has 0 bridgehead atoms. The first kappa shape index (κ1) is 40.1. The summed E-state index contributed by atoms with van der Waals surface area (Å²) in [6, 6.07) is 24.4. The fourth-order valence-corrected chi connectivity index (χ4v) is 3.14. The maximum atomic E-state index is 10.7. The molecule has 0 aromatic heterocycles. The monoisotopic (exact) mass is 749 g/mol. The fraction of sp³-hybridized carbons (Fsp3) is 0.111. The van der Waals surface area contributed by atoms with Crippen molar-refractivity contribution in [1.29, 1.82) is 0 Å². The summed E-state index contributed by atoms with van der Waals surface area (Å²) >= 11 is 10.7. The number of nitro groups is 1. The van der Waals surface area contributed by atoms with Gasteiger partial charge >= 0.3 is 36.7 Å². The van der Waals surface area contributed by atoms with E-state index in [0.717, 1.165) is 22.7 Å². The zero-order chi connectivity index (χ0) is 27.4. The molecular formula is C27H27BCl5N2O4Sn. The van der Waals surface area contributed by atoms with Crippen LogP contribution in [0.15, 0.2) is 84.9 Å². The minimum absolute atomic E-state index is 0. The number of halogens is 5. The number of benzene rings is 4. The van der Waals surface area contributed by atoms with Crippen LogP contribution in [0.5, 0.6) is 23.0 Å². The van der Waals surface area contributed by atoms with Gasteiger partial charge in [-0.3, -0.25) is 10.1 Å². The Bertz CT molecular complexity index is 1320. The number of nitrogen functional groups attached to an aromatic ring is 1. The van der Waals surface area contributed by atoms with Gasteiger partial charge in [-0.2, -0.15) is 0 Å². The van der Waals surface area contributed by atoms with Crippen molar-refractivity contribution in [3.63, 3.8) is 0 Å². The molecule has 5 radical (unpaired) electrons. The second-order valence-electron chi connectivity index (χ2n) is 7.41. The van der Waals surface area contributed by atoms with Gasteiger partial charge in [0, 0.05) is 35.8 Å². The molecular weight excluding hydrogens is 723 g/mol. The molecule has 40 heavy (non-hydrogen) atoms. The van der Waals surface area contributed by atoms with Gasteiger partial charge < -0.3 is 15.2 Å². The van der Waals surface area contributed by atoms with E-state index in [1.807, 2.05) is 37.3 Å². The third-order valence-corrected chi connectivity index (χ3v) is 5.21. The number of nitrogens with two attached hydrogens (primary N) is 1. The van der Waals surface area contributed by atoms with Crippen LogP contribution in [0.2, 0.25) is 10.0 Å². The summed E-state index contributed by atoms with van der Waals surface area (Å²) in [6.45, 7) is 3.62. The molecule has 2 N–H and O–H groups in total. The van der Waals surface area contributed by atoms with Crippen molar-refractivity contribution in [2.45, 2.75) is 21.3 Å². The molecule has 6 nitrogen and oxygen atoms in total. The summed E-state index contributed by atoms with van der Waals surface area (Å²) in [7, 11) is 9.87. The molecule has 4 aromatic carbocycles. The second-order valence-corrected chi connectivity index (χ2v) is 12.5. The molecule has 0 atom stereocenters. The van der Waals surface area contributed by atoms with Gasteiger partial charge in [-0.25, -0.2) is 0 Å². The zero-order valence-corrected chi connectivity index (χ0v) is 27.4. The standard InChI is InChI=1S/C13H10ClNO3.C13H12ClNO.CH4.B.3ClH.Sn/c1-9-8-12(6-7-13(9)15(16)17)18-11-4-2-10(14)3-5-11;1-9-8-12(6-7-13(9)15)16-11-4-2-10(14)3-5-11;;;;;;/h2-8H,1H3;2-8H,15H2,1H3;1H4;;3*1H;/q;;;;;;;+2/p-2. The second kappa shape index (κ2) is 20.8. The molecule has 0 aliphatic carbocycles. The van der Waals surface area contributed by atoms with Gasteiger partial charge in [-0.15, -0.1) is 12.4 Å². The molecule has 0 amide bonds. The maximum absolute atomic E-state index is 10.7. The van der Waals surface area contributed by atoms with Crippen LogP contribution in [0.3, 0.4) is 0 Å². The fourth-order valence-electron chi connectivity index (χ4n) is 2.89. The van der Waals surface area contributed by atoms with Gasteiger partial charge in [-0.05, 0) is 98.3 Å². The Morgan fingerprint density at radius 2 is 1.07 bits per heavy atom. The molecule has 0 heterocycles. The van der Waals surface area contributed by atoms with Crippen LogP contribution in [0.25, 0.3) is 0 Å². The topological polar surface area (TPSA) is 87.6 Å². The molecule has 0 unspecified atom stereocenters. The number of hydrogen-bond acceptors (Lipinski definition) is 5. The summed E-state index contributed by atoms with van der Waals surface area (Å²) in [5.74, 6) is 2.72. The number of nitro benzene ring substituents is 1. The van der Waals surface area contributed by atoms with Crippen LogP contribution in [-0.2, 0) is 0 Å². The van der Waals surface area contributed by atoms with E-state index in [-0.39, 0.29) is 33.9 Å². The SMILES string of the molecule is C.Cc1cc(Oc2ccc(Cl)cc2)ccc1N.Cc1cc(Oc2ccc(Cl)cc2)ccc1[N+](=O)[O-].Cl.[B].[Cl][Sn][Cl]. The van der Waals surface area contributed by atoms with Crippen LogP contribution in [0, 0.1) is 24.0 Å². The predicted molar refractivity (Wildman–Crippen MR) is 174 cm³/mol. The molecule has 0 spiro atoms. The number of anilines is 1. The summed E-state index contributed by atoms with van der Waals surface area (Å²) in [5, 5.41) is 12.0. The van der Waals surface area contributed by atoms with Gasteiger partial charge in [0.1, 0.15) is 23.0 Å². The molecule has 0 saturated heterocycles. The normalized spacial score (nSPS) is 9.05. The number of rotatable bonds is 5. The van der Waals surface area contributed by atoms with Crippen molar-refractivity contribution >= 4 is 92.1 Å². The average Bonchev–Trinajstić information content (AvgIpc) is 2.85. The van der Waals surface area contributed by atoms with E-state index in [2.05, 4.69) is 0 Å². The van der Waals surface area contributed by atoms with Gasteiger partial charge in [0.25, 0.3) is 5.69 Å². The van der Waals surface area contributed by atoms with Crippen molar-refractivity contribution in [2.24, 2.45) is 0 Å². The molecule has 4 aromatic rings. The summed E-state index contributed by atoms with van der Waals surface area (Å²) in [5.41, 5.74) is 8.15. The molecule has 211 valence electrons. The van der Waals surface area contributed by atoms with Gasteiger partial charge in [-0.1, -0.05) is 30.6 Å². The van der Waals surface area contributed by atoms with Crippen LogP contribution < -0.4 is 15.2 Å². The summed E-state index contributed by atoms with van der Waals surface area (Å²) in [4.78, 5) is 10.3. The van der Waals surface area contributed by atoms with E-state index in [9.17, 15) is 10.1 Å². The van der Waals surface area contributed by atoms with Crippen molar-refractivity contribution < 1.29 is 14.4 Å².